The number of hydrogen-bond donors (Lipinski definition) is 2. The average molecular weight is 288 g/mol. The summed E-state index contributed by atoms with van der Waals surface area (Å²) in [6.45, 7) is 0. The molecule has 0 saturated heterocycles. The van der Waals surface area contributed by atoms with E-state index in [0.717, 1.165) is 12.1 Å². The van der Waals surface area contributed by atoms with Crippen LogP contribution in [0.1, 0.15) is 5.69 Å². The van der Waals surface area contributed by atoms with Crippen molar-refractivity contribution in [2.45, 2.75) is 6.18 Å². The van der Waals surface area contributed by atoms with Gasteiger partial charge in [-0.25, -0.2) is 15.2 Å². The molecule has 0 bridgehead atoms. The van der Waals surface area contributed by atoms with Gasteiger partial charge in [0.15, 0.2) is 5.69 Å². The third-order valence-electron chi connectivity index (χ3n) is 2.16. The molecule has 0 amide bonds. The van der Waals surface area contributed by atoms with Gasteiger partial charge in [-0.05, 0) is 24.3 Å². The molecule has 1 aromatic carbocycles. The number of nitrogens with zero attached hydrogens (tertiary/aromatic N) is 2. The molecule has 3 N–H and O–H groups in total. The Morgan fingerprint density at radius 1 is 1.10 bits per heavy atom. The summed E-state index contributed by atoms with van der Waals surface area (Å²) in [5.74, 6) is 3.81. The van der Waals surface area contributed by atoms with Gasteiger partial charge in [0.25, 0.3) is 0 Å². The summed E-state index contributed by atoms with van der Waals surface area (Å²) in [6.07, 6.45) is -4.67. The molecule has 2 aromatic rings. The number of nitrogens with one attached hydrogen (secondary N) is 1. The third kappa shape index (κ3) is 3.32. The van der Waals surface area contributed by atoms with Gasteiger partial charge >= 0.3 is 6.18 Å². The lowest BCUT2D eigenvalue weighted by Crippen LogP contribution is -2.15. The second kappa shape index (κ2) is 5.29. The molecule has 1 aromatic heterocycles. The van der Waals surface area contributed by atoms with Crippen LogP contribution in [0.3, 0.4) is 0 Å². The van der Waals surface area contributed by atoms with Crippen LogP contribution in [0.2, 0.25) is 0 Å². The minimum Gasteiger partial charge on any atom is -0.439 e. The lowest BCUT2D eigenvalue weighted by molar-refractivity contribution is -0.141. The molecule has 0 aliphatic heterocycles. The second-order valence-corrected chi connectivity index (χ2v) is 3.61. The number of anilines is 1. The molecule has 0 unspecified atom stereocenters. The molecule has 0 spiro atoms. The zero-order valence-corrected chi connectivity index (χ0v) is 9.78. The molecule has 1 heterocycles. The van der Waals surface area contributed by atoms with Crippen molar-refractivity contribution in [2.24, 2.45) is 5.84 Å². The molecule has 5 nitrogen and oxygen atoms in total. The first-order chi connectivity index (χ1) is 9.38. The number of nitrogen functional groups attached to an aromatic ring is 1. The van der Waals surface area contributed by atoms with Crippen molar-refractivity contribution in [3.63, 3.8) is 0 Å². The zero-order valence-electron chi connectivity index (χ0n) is 9.78. The van der Waals surface area contributed by atoms with E-state index >= 15 is 0 Å². The summed E-state index contributed by atoms with van der Waals surface area (Å²) in [5.41, 5.74) is 0.702. The summed E-state index contributed by atoms with van der Waals surface area (Å²) >= 11 is 0. The SMILES string of the molecule is NNc1nc(Oc2ccc(F)cc2)cc(C(F)(F)F)n1. The maximum Gasteiger partial charge on any atom is 0.433 e. The number of aromatic nitrogens is 2. The van der Waals surface area contributed by atoms with Crippen LogP contribution in [0.25, 0.3) is 0 Å². The fourth-order valence-electron chi connectivity index (χ4n) is 1.31. The third-order valence-corrected chi connectivity index (χ3v) is 2.16. The van der Waals surface area contributed by atoms with Gasteiger partial charge in [-0.15, -0.1) is 0 Å². The smallest absolute Gasteiger partial charge is 0.433 e. The van der Waals surface area contributed by atoms with Gasteiger partial charge in [-0.1, -0.05) is 0 Å². The van der Waals surface area contributed by atoms with Crippen molar-refractivity contribution >= 4 is 5.95 Å². The Balaban J connectivity index is 2.33. The van der Waals surface area contributed by atoms with Crippen LogP contribution in [0, 0.1) is 5.82 Å². The van der Waals surface area contributed by atoms with Crippen LogP contribution >= 0.6 is 0 Å². The van der Waals surface area contributed by atoms with E-state index in [2.05, 4.69) is 9.97 Å². The van der Waals surface area contributed by atoms with Gasteiger partial charge in [0.05, 0.1) is 0 Å². The number of alkyl halides is 3. The van der Waals surface area contributed by atoms with E-state index in [-0.39, 0.29) is 11.6 Å². The van der Waals surface area contributed by atoms with E-state index in [0.29, 0.717) is 6.07 Å². The molecule has 0 radical (unpaired) electrons. The van der Waals surface area contributed by atoms with Crippen LogP contribution in [-0.2, 0) is 6.18 Å². The van der Waals surface area contributed by atoms with Crippen molar-refractivity contribution in [1.29, 1.82) is 0 Å². The van der Waals surface area contributed by atoms with Crippen LogP contribution in [0.5, 0.6) is 11.6 Å². The van der Waals surface area contributed by atoms with Crippen molar-refractivity contribution in [3.8, 4) is 11.6 Å². The Morgan fingerprint density at radius 2 is 1.75 bits per heavy atom. The Labute approximate surface area is 110 Å². The molecule has 106 valence electrons. The first-order valence-corrected chi connectivity index (χ1v) is 5.25. The molecule has 2 rings (SSSR count). The predicted octanol–water partition coefficient (Wildman–Crippen LogP) is 2.71. The lowest BCUT2D eigenvalue weighted by Gasteiger charge is -2.10. The Kier molecular flexibility index (Phi) is 3.70. The maximum absolute atomic E-state index is 12.7. The highest BCUT2D eigenvalue weighted by molar-refractivity contribution is 5.34. The molecular formula is C11H8F4N4O. The Hall–Kier alpha value is -2.42. The molecule has 0 saturated carbocycles. The van der Waals surface area contributed by atoms with E-state index < -0.39 is 23.6 Å². The highest BCUT2D eigenvalue weighted by atomic mass is 19.4. The molecule has 0 fully saturated rings. The zero-order chi connectivity index (χ0) is 14.8. The van der Waals surface area contributed by atoms with Gasteiger partial charge in [0.1, 0.15) is 11.6 Å². The highest BCUT2D eigenvalue weighted by Crippen LogP contribution is 2.31. The first-order valence-electron chi connectivity index (χ1n) is 5.25. The van der Waals surface area contributed by atoms with Gasteiger partial charge in [0.2, 0.25) is 11.8 Å². The number of rotatable bonds is 3. The minimum absolute atomic E-state index is 0.126. The Morgan fingerprint density at radius 3 is 2.30 bits per heavy atom. The number of hydrazine groups is 1. The van der Waals surface area contributed by atoms with E-state index in [4.69, 9.17) is 10.6 Å². The van der Waals surface area contributed by atoms with Crippen LogP contribution in [0.15, 0.2) is 30.3 Å². The summed E-state index contributed by atoms with van der Waals surface area (Å²) in [7, 11) is 0. The summed E-state index contributed by atoms with van der Waals surface area (Å²) in [5, 5.41) is 0. The summed E-state index contributed by atoms with van der Waals surface area (Å²) in [6, 6.07) is 5.32. The van der Waals surface area contributed by atoms with Crippen molar-refractivity contribution < 1.29 is 22.3 Å². The molecule has 9 heteroatoms. The van der Waals surface area contributed by atoms with Crippen molar-refractivity contribution in [3.05, 3.63) is 41.8 Å². The van der Waals surface area contributed by atoms with Gasteiger partial charge < -0.3 is 4.74 Å². The lowest BCUT2D eigenvalue weighted by atomic mass is 10.3. The molecule has 0 atom stereocenters. The van der Waals surface area contributed by atoms with Gasteiger partial charge in [-0.3, -0.25) is 5.43 Å². The fourth-order valence-corrected chi connectivity index (χ4v) is 1.31. The molecule has 0 aliphatic rings. The van der Waals surface area contributed by atoms with E-state index in [9.17, 15) is 17.6 Å². The first kappa shape index (κ1) is 14.0. The van der Waals surface area contributed by atoms with E-state index in [1.165, 1.54) is 12.1 Å². The minimum atomic E-state index is -4.67. The quantitative estimate of drug-likeness (QED) is 0.516. The molecule has 0 aliphatic carbocycles. The second-order valence-electron chi connectivity index (χ2n) is 3.61. The van der Waals surface area contributed by atoms with Crippen LogP contribution < -0.4 is 16.0 Å². The maximum atomic E-state index is 12.7. The normalized spacial score (nSPS) is 11.2. The number of hydrogen-bond acceptors (Lipinski definition) is 5. The standard InChI is InChI=1S/C11H8F4N4O/c12-6-1-3-7(4-2-6)20-9-5-8(11(13,14)15)17-10(18-9)19-16/h1-5H,16H2,(H,17,18,19). The summed E-state index contributed by atoms with van der Waals surface area (Å²) in [4.78, 5) is 6.79. The largest absolute Gasteiger partial charge is 0.439 e. The van der Waals surface area contributed by atoms with Crippen molar-refractivity contribution in [1.82, 2.24) is 9.97 Å². The van der Waals surface area contributed by atoms with Crippen molar-refractivity contribution in [2.75, 3.05) is 5.43 Å². The fraction of sp³-hybridized carbons (Fsp3) is 0.0909. The number of ether oxygens (including phenoxy) is 1. The number of nitrogens with two attached hydrogens (primary N) is 1. The van der Waals surface area contributed by atoms with Crippen LogP contribution in [0.4, 0.5) is 23.5 Å². The van der Waals surface area contributed by atoms with Gasteiger partial charge in [-0.2, -0.15) is 18.2 Å². The van der Waals surface area contributed by atoms with E-state index in [1.807, 2.05) is 5.43 Å². The topological polar surface area (TPSA) is 73.1 Å². The Bertz CT molecular complexity index is 600. The summed E-state index contributed by atoms with van der Waals surface area (Å²) < 4.78 is 55.6. The average Bonchev–Trinajstić information content (AvgIpc) is 2.40. The van der Waals surface area contributed by atoms with E-state index in [1.54, 1.807) is 0 Å². The monoisotopic (exact) mass is 288 g/mol. The van der Waals surface area contributed by atoms with Gasteiger partial charge in [0, 0.05) is 6.07 Å². The predicted molar refractivity (Wildman–Crippen MR) is 61.3 cm³/mol. The molecular weight excluding hydrogens is 280 g/mol. The van der Waals surface area contributed by atoms with Crippen LogP contribution in [-0.4, -0.2) is 9.97 Å². The number of halogens is 4. The molecule has 20 heavy (non-hydrogen) atoms. The number of benzene rings is 1. The highest BCUT2D eigenvalue weighted by Gasteiger charge is 2.34.